The minimum Gasteiger partial charge on any atom is -0.324 e. The highest BCUT2D eigenvalue weighted by molar-refractivity contribution is 5.97. The van der Waals surface area contributed by atoms with Gasteiger partial charge in [-0.2, -0.15) is 0 Å². The van der Waals surface area contributed by atoms with Gasteiger partial charge in [0, 0.05) is 5.39 Å². The number of carbonyl (C=O) groups is 1. The molecule has 0 aliphatic carbocycles. The van der Waals surface area contributed by atoms with E-state index in [4.69, 9.17) is 0 Å². The molecule has 4 heteroatoms. The summed E-state index contributed by atoms with van der Waals surface area (Å²) in [6.45, 7) is 9.66. The molecule has 2 aromatic carbocycles. The second-order valence-electron chi connectivity index (χ2n) is 7.74. The van der Waals surface area contributed by atoms with Crippen molar-refractivity contribution < 1.29 is 9.18 Å². The Morgan fingerprint density at radius 3 is 2.57 bits per heavy atom. The zero-order valence-corrected chi connectivity index (χ0v) is 16.6. The van der Waals surface area contributed by atoms with Gasteiger partial charge in [-0.3, -0.25) is 4.79 Å². The molecular weight excluding hydrogens is 351 g/mol. The van der Waals surface area contributed by atoms with E-state index in [9.17, 15) is 9.18 Å². The van der Waals surface area contributed by atoms with E-state index in [0.717, 1.165) is 11.1 Å². The van der Waals surface area contributed by atoms with Crippen LogP contribution in [-0.2, 0) is 11.2 Å². The minimum absolute atomic E-state index is 0.0972. The lowest BCUT2D eigenvalue weighted by molar-refractivity contribution is -0.124. The smallest absolute Gasteiger partial charge is 0.231 e. The average Bonchev–Trinajstić information content (AvgIpc) is 2.63. The van der Waals surface area contributed by atoms with Crippen LogP contribution in [0.5, 0.6) is 0 Å². The molecule has 0 fully saturated rings. The quantitative estimate of drug-likeness (QED) is 0.550. The second-order valence-corrected chi connectivity index (χ2v) is 7.74. The first-order valence-corrected chi connectivity index (χ1v) is 9.34. The van der Waals surface area contributed by atoms with Crippen LogP contribution in [0.3, 0.4) is 0 Å². The molecule has 0 radical (unpaired) electrons. The van der Waals surface area contributed by atoms with Crippen LogP contribution in [0.4, 0.5) is 10.1 Å². The SMILES string of the molecule is C=C(C)CC(C)(Cc1ccccc1)C(=O)Nc1cc2cccc(F)c2nc1C. The fourth-order valence-electron chi connectivity index (χ4n) is 3.59. The summed E-state index contributed by atoms with van der Waals surface area (Å²) in [4.78, 5) is 17.6. The Kier molecular flexibility index (Phi) is 5.59. The number of aryl methyl sites for hydroxylation is 1. The summed E-state index contributed by atoms with van der Waals surface area (Å²) >= 11 is 0. The molecule has 28 heavy (non-hydrogen) atoms. The first-order chi connectivity index (χ1) is 13.3. The van der Waals surface area contributed by atoms with E-state index in [1.807, 2.05) is 44.2 Å². The summed E-state index contributed by atoms with van der Waals surface area (Å²) in [6.07, 6.45) is 1.17. The summed E-state index contributed by atoms with van der Waals surface area (Å²) in [5, 5.41) is 3.68. The highest BCUT2D eigenvalue weighted by Gasteiger charge is 2.34. The third kappa shape index (κ3) is 4.28. The molecule has 3 aromatic rings. The van der Waals surface area contributed by atoms with E-state index in [2.05, 4.69) is 16.9 Å². The van der Waals surface area contributed by atoms with Gasteiger partial charge in [0.2, 0.25) is 5.91 Å². The van der Waals surface area contributed by atoms with Gasteiger partial charge in [0.25, 0.3) is 0 Å². The van der Waals surface area contributed by atoms with Gasteiger partial charge in [-0.05, 0) is 44.4 Å². The standard InChI is InChI=1S/C24H25FN2O/c1-16(2)14-24(4,15-18-9-6-5-7-10-18)23(28)27-21-13-19-11-8-12-20(25)22(19)26-17(21)3/h5-13H,1,14-15H2,2-4H3,(H,27,28). The highest BCUT2D eigenvalue weighted by Crippen LogP contribution is 2.32. The van der Waals surface area contributed by atoms with Crippen LogP contribution in [0.25, 0.3) is 10.9 Å². The largest absolute Gasteiger partial charge is 0.324 e. The van der Waals surface area contributed by atoms with Crippen molar-refractivity contribution in [2.75, 3.05) is 5.32 Å². The zero-order chi connectivity index (χ0) is 20.3. The van der Waals surface area contributed by atoms with Crippen molar-refractivity contribution in [2.45, 2.75) is 33.6 Å². The Hall–Kier alpha value is -3.01. The van der Waals surface area contributed by atoms with E-state index in [-0.39, 0.29) is 11.7 Å². The molecule has 1 atom stereocenters. The van der Waals surface area contributed by atoms with Gasteiger partial charge in [0.1, 0.15) is 11.3 Å². The predicted molar refractivity (Wildman–Crippen MR) is 113 cm³/mol. The number of hydrogen-bond acceptors (Lipinski definition) is 2. The number of halogens is 1. The van der Waals surface area contributed by atoms with Crippen molar-refractivity contribution >= 4 is 22.5 Å². The lowest BCUT2D eigenvalue weighted by atomic mass is 9.77. The van der Waals surface area contributed by atoms with Gasteiger partial charge in [-0.25, -0.2) is 9.37 Å². The molecule has 1 amide bonds. The Bertz CT molecular complexity index is 1030. The van der Waals surface area contributed by atoms with Crippen LogP contribution in [0.15, 0.2) is 66.7 Å². The van der Waals surface area contributed by atoms with Crippen molar-refractivity contribution in [3.05, 3.63) is 83.8 Å². The molecule has 0 spiro atoms. The number of rotatable bonds is 6. The predicted octanol–water partition coefficient (Wildman–Crippen LogP) is 5.84. The van der Waals surface area contributed by atoms with Crippen LogP contribution in [-0.4, -0.2) is 10.9 Å². The first-order valence-electron chi connectivity index (χ1n) is 9.34. The number of nitrogens with one attached hydrogen (secondary N) is 1. The fourth-order valence-corrected chi connectivity index (χ4v) is 3.59. The van der Waals surface area contributed by atoms with Gasteiger partial charge in [0.15, 0.2) is 0 Å². The summed E-state index contributed by atoms with van der Waals surface area (Å²) in [5.74, 6) is -0.463. The lowest BCUT2D eigenvalue weighted by Gasteiger charge is -2.29. The highest BCUT2D eigenvalue weighted by atomic mass is 19.1. The number of pyridine rings is 1. The molecule has 1 heterocycles. The number of nitrogens with zero attached hydrogens (tertiary/aromatic N) is 1. The molecule has 3 nitrogen and oxygen atoms in total. The van der Waals surface area contributed by atoms with Gasteiger partial charge >= 0.3 is 0 Å². The maximum absolute atomic E-state index is 14.0. The van der Waals surface area contributed by atoms with Gasteiger partial charge in [0.05, 0.1) is 16.8 Å². The Balaban J connectivity index is 1.92. The van der Waals surface area contributed by atoms with Crippen LogP contribution in [0.2, 0.25) is 0 Å². The number of benzene rings is 2. The Morgan fingerprint density at radius 2 is 1.89 bits per heavy atom. The number of aromatic nitrogens is 1. The number of fused-ring (bicyclic) bond motifs is 1. The third-order valence-corrected chi connectivity index (χ3v) is 4.91. The molecule has 0 aliphatic heterocycles. The monoisotopic (exact) mass is 376 g/mol. The topological polar surface area (TPSA) is 42.0 Å². The molecule has 1 aromatic heterocycles. The van der Waals surface area contributed by atoms with Crippen LogP contribution in [0.1, 0.15) is 31.5 Å². The second kappa shape index (κ2) is 7.93. The van der Waals surface area contributed by atoms with Crippen molar-refractivity contribution in [3.63, 3.8) is 0 Å². The van der Waals surface area contributed by atoms with Crippen LogP contribution >= 0.6 is 0 Å². The third-order valence-electron chi connectivity index (χ3n) is 4.91. The maximum atomic E-state index is 14.0. The van der Waals surface area contributed by atoms with Crippen molar-refractivity contribution in [3.8, 4) is 0 Å². The average molecular weight is 376 g/mol. The zero-order valence-electron chi connectivity index (χ0n) is 16.6. The molecule has 1 unspecified atom stereocenters. The molecule has 0 saturated carbocycles. The lowest BCUT2D eigenvalue weighted by Crippen LogP contribution is -2.36. The number of hydrogen-bond donors (Lipinski definition) is 1. The molecule has 0 aliphatic rings. The molecule has 1 N–H and O–H groups in total. The number of amides is 1. The van der Waals surface area contributed by atoms with Crippen molar-refractivity contribution in [1.29, 1.82) is 0 Å². The van der Waals surface area contributed by atoms with E-state index in [1.54, 1.807) is 25.1 Å². The number of allylic oxidation sites excluding steroid dienone is 1. The van der Waals surface area contributed by atoms with Crippen molar-refractivity contribution in [1.82, 2.24) is 4.98 Å². The molecular formula is C24H25FN2O. The summed E-state index contributed by atoms with van der Waals surface area (Å²) in [5.41, 5.74) is 2.89. The maximum Gasteiger partial charge on any atom is 0.231 e. The van der Waals surface area contributed by atoms with Gasteiger partial charge in [-0.1, -0.05) is 55.0 Å². The number of anilines is 1. The fraction of sp³-hybridized carbons (Fsp3) is 0.250. The minimum atomic E-state index is -0.656. The number of carbonyl (C=O) groups excluding carboxylic acids is 1. The molecule has 0 bridgehead atoms. The Labute approximate surface area is 165 Å². The molecule has 144 valence electrons. The van der Waals surface area contributed by atoms with E-state index >= 15 is 0 Å². The van der Waals surface area contributed by atoms with E-state index < -0.39 is 5.41 Å². The van der Waals surface area contributed by atoms with Gasteiger partial charge < -0.3 is 5.32 Å². The first kappa shape index (κ1) is 19.7. The number of para-hydroxylation sites is 1. The normalized spacial score (nSPS) is 13.1. The summed E-state index contributed by atoms with van der Waals surface area (Å²) in [7, 11) is 0. The summed E-state index contributed by atoms with van der Waals surface area (Å²) < 4.78 is 14.0. The molecule has 0 saturated heterocycles. The van der Waals surface area contributed by atoms with Gasteiger partial charge in [-0.15, -0.1) is 6.58 Å². The molecule has 3 rings (SSSR count). The van der Waals surface area contributed by atoms with Crippen molar-refractivity contribution in [2.24, 2.45) is 5.41 Å². The Morgan fingerprint density at radius 1 is 1.18 bits per heavy atom. The van der Waals surface area contributed by atoms with Crippen LogP contribution in [0, 0.1) is 18.2 Å². The van der Waals surface area contributed by atoms with Crippen LogP contribution < -0.4 is 5.32 Å². The van der Waals surface area contributed by atoms with E-state index in [0.29, 0.717) is 35.1 Å². The van der Waals surface area contributed by atoms with E-state index in [1.165, 1.54) is 6.07 Å². The summed E-state index contributed by atoms with van der Waals surface area (Å²) in [6, 6.07) is 16.5.